The molecule has 0 aromatic carbocycles. The van der Waals surface area contributed by atoms with Crippen LogP contribution in [0.4, 0.5) is 0 Å². The second kappa shape index (κ2) is 6.77. The van der Waals surface area contributed by atoms with Crippen LogP contribution in [-0.4, -0.2) is 41.4 Å². The summed E-state index contributed by atoms with van der Waals surface area (Å²) in [5.74, 6) is 0.548. The topological polar surface area (TPSA) is 75.4 Å². The summed E-state index contributed by atoms with van der Waals surface area (Å²) in [5, 5.41) is 2.70. The van der Waals surface area contributed by atoms with E-state index in [4.69, 9.17) is 5.73 Å². The van der Waals surface area contributed by atoms with Crippen LogP contribution in [0.1, 0.15) is 52.9 Å². The van der Waals surface area contributed by atoms with E-state index in [1.165, 1.54) is 19.3 Å². The van der Waals surface area contributed by atoms with Gasteiger partial charge in [0.25, 0.3) is 0 Å². The third-order valence-corrected chi connectivity index (χ3v) is 5.07. The lowest BCUT2D eigenvalue weighted by molar-refractivity contribution is -0.136. The molecule has 1 aliphatic carbocycles. The Bertz CT molecular complexity index is 397. The monoisotopic (exact) mass is 295 g/mol. The van der Waals surface area contributed by atoms with Crippen LogP contribution < -0.4 is 11.1 Å². The van der Waals surface area contributed by atoms with Crippen molar-refractivity contribution in [1.29, 1.82) is 0 Å². The highest BCUT2D eigenvalue weighted by molar-refractivity contribution is 5.87. The highest BCUT2D eigenvalue weighted by Gasteiger charge is 2.42. The van der Waals surface area contributed by atoms with Crippen molar-refractivity contribution < 1.29 is 9.59 Å². The number of nitrogens with zero attached hydrogens (tertiary/aromatic N) is 1. The van der Waals surface area contributed by atoms with Gasteiger partial charge in [0.1, 0.15) is 0 Å². The predicted molar refractivity (Wildman–Crippen MR) is 82.5 cm³/mol. The molecule has 0 radical (unpaired) electrons. The molecule has 2 fully saturated rings. The van der Waals surface area contributed by atoms with Crippen molar-refractivity contribution in [2.24, 2.45) is 17.6 Å². The highest BCUT2D eigenvalue weighted by Crippen LogP contribution is 2.39. The van der Waals surface area contributed by atoms with E-state index in [1.807, 2.05) is 18.7 Å². The molecule has 2 rings (SSSR count). The first kappa shape index (κ1) is 16.3. The Hall–Kier alpha value is -1.10. The maximum absolute atomic E-state index is 12.5. The Labute approximate surface area is 127 Å². The lowest BCUT2D eigenvalue weighted by atomic mass is 9.85. The fraction of sp³-hybridized carbons (Fsp3) is 0.875. The first-order valence-corrected chi connectivity index (χ1v) is 8.26. The van der Waals surface area contributed by atoms with Crippen LogP contribution >= 0.6 is 0 Å². The van der Waals surface area contributed by atoms with E-state index in [1.54, 1.807) is 0 Å². The molecule has 120 valence electrons. The Morgan fingerprint density at radius 3 is 2.62 bits per heavy atom. The number of likely N-dealkylation sites (tertiary alicyclic amines) is 1. The molecule has 2 aliphatic rings. The Balaban J connectivity index is 1.89. The van der Waals surface area contributed by atoms with Gasteiger partial charge in [-0.3, -0.25) is 9.59 Å². The average Bonchev–Trinajstić information content (AvgIpc) is 2.79. The van der Waals surface area contributed by atoms with Crippen LogP contribution in [0.5, 0.6) is 0 Å². The van der Waals surface area contributed by atoms with Crippen molar-refractivity contribution in [1.82, 2.24) is 10.2 Å². The molecule has 3 N–H and O–H groups in total. The van der Waals surface area contributed by atoms with Crippen molar-refractivity contribution in [3.05, 3.63) is 0 Å². The van der Waals surface area contributed by atoms with E-state index in [-0.39, 0.29) is 24.3 Å². The van der Waals surface area contributed by atoms with Crippen molar-refractivity contribution in [2.75, 3.05) is 6.54 Å². The van der Waals surface area contributed by atoms with Gasteiger partial charge in [0.15, 0.2) is 0 Å². The predicted octanol–water partition coefficient (Wildman–Crippen LogP) is 1.27. The third kappa shape index (κ3) is 3.57. The number of carbonyl (C=O) groups excluding carboxylic acids is 2. The fourth-order valence-electron chi connectivity index (χ4n) is 3.81. The first-order chi connectivity index (χ1) is 9.91. The summed E-state index contributed by atoms with van der Waals surface area (Å²) < 4.78 is 0. The molecule has 4 atom stereocenters. The SMILES string of the molecule is CC(C)[C@H](N)C(=O)NCC(=O)N1C(C)CC2CCCCC21. The minimum absolute atomic E-state index is 0.0428. The number of hydrogen-bond acceptors (Lipinski definition) is 3. The molecule has 2 amide bonds. The largest absolute Gasteiger partial charge is 0.346 e. The fourth-order valence-corrected chi connectivity index (χ4v) is 3.81. The molecule has 5 heteroatoms. The van der Waals surface area contributed by atoms with Crippen LogP contribution in [0.15, 0.2) is 0 Å². The summed E-state index contributed by atoms with van der Waals surface area (Å²) in [4.78, 5) is 26.4. The molecule has 0 spiro atoms. The Kier molecular flexibility index (Phi) is 5.25. The van der Waals surface area contributed by atoms with Crippen molar-refractivity contribution >= 4 is 11.8 Å². The highest BCUT2D eigenvalue weighted by atomic mass is 16.2. The summed E-state index contributed by atoms with van der Waals surface area (Å²) in [5.41, 5.74) is 5.80. The minimum atomic E-state index is -0.545. The van der Waals surface area contributed by atoms with Crippen LogP contribution in [0.3, 0.4) is 0 Å². The molecule has 3 unspecified atom stereocenters. The maximum atomic E-state index is 12.5. The molecule has 1 aliphatic heterocycles. The van der Waals surface area contributed by atoms with Gasteiger partial charge in [-0.2, -0.15) is 0 Å². The van der Waals surface area contributed by atoms with E-state index in [2.05, 4.69) is 12.2 Å². The van der Waals surface area contributed by atoms with Gasteiger partial charge in [-0.25, -0.2) is 0 Å². The van der Waals surface area contributed by atoms with Gasteiger partial charge in [0.05, 0.1) is 12.6 Å². The third-order valence-electron chi connectivity index (χ3n) is 5.07. The normalized spacial score (nSPS) is 30.1. The van der Waals surface area contributed by atoms with Gasteiger partial charge < -0.3 is 16.0 Å². The van der Waals surface area contributed by atoms with Crippen molar-refractivity contribution in [3.63, 3.8) is 0 Å². The number of rotatable bonds is 4. The van der Waals surface area contributed by atoms with E-state index >= 15 is 0 Å². The van der Waals surface area contributed by atoms with Gasteiger partial charge in [-0.05, 0) is 38.0 Å². The molecule has 0 aromatic rings. The van der Waals surface area contributed by atoms with Gasteiger partial charge >= 0.3 is 0 Å². The number of fused-ring (bicyclic) bond motifs is 1. The first-order valence-electron chi connectivity index (χ1n) is 8.26. The van der Waals surface area contributed by atoms with Crippen LogP contribution in [0.25, 0.3) is 0 Å². The molecule has 1 saturated carbocycles. The van der Waals surface area contributed by atoms with Crippen LogP contribution in [0.2, 0.25) is 0 Å². The Morgan fingerprint density at radius 1 is 1.29 bits per heavy atom. The lowest BCUT2D eigenvalue weighted by Gasteiger charge is -2.33. The summed E-state index contributed by atoms with van der Waals surface area (Å²) in [6.07, 6.45) is 5.96. The summed E-state index contributed by atoms with van der Waals surface area (Å²) in [6, 6.07) is 0.134. The van der Waals surface area contributed by atoms with Crippen LogP contribution in [0, 0.1) is 11.8 Å². The lowest BCUT2D eigenvalue weighted by Crippen LogP contribution is -2.50. The zero-order valence-corrected chi connectivity index (χ0v) is 13.5. The summed E-state index contributed by atoms with van der Waals surface area (Å²) in [6.45, 7) is 6.01. The van der Waals surface area contributed by atoms with Gasteiger partial charge in [-0.15, -0.1) is 0 Å². The summed E-state index contributed by atoms with van der Waals surface area (Å²) >= 11 is 0. The van der Waals surface area contributed by atoms with E-state index < -0.39 is 6.04 Å². The number of amides is 2. The van der Waals surface area contributed by atoms with Crippen LogP contribution in [-0.2, 0) is 9.59 Å². The second-order valence-electron chi connectivity index (χ2n) is 6.99. The van der Waals surface area contributed by atoms with E-state index in [0.717, 1.165) is 12.8 Å². The zero-order valence-electron chi connectivity index (χ0n) is 13.5. The number of nitrogens with two attached hydrogens (primary N) is 1. The molecular formula is C16H29N3O2. The molecule has 21 heavy (non-hydrogen) atoms. The molecule has 5 nitrogen and oxygen atoms in total. The summed E-state index contributed by atoms with van der Waals surface area (Å²) in [7, 11) is 0. The molecular weight excluding hydrogens is 266 g/mol. The zero-order chi connectivity index (χ0) is 15.6. The number of hydrogen-bond donors (Lipinski definition) is 2. The molecule has 1 saturated heterocycles. The standard InChI is InChI=1S/C16H29N3O2/c1-10(2)15(17)16(21)18-9-14(20)19-11(3)8-12-6-4-5-7-13(12)19/h10-13,15H,4-9,17H2,1-3H3,(H,18,21)/t11?,12?,13?,15-/m0/s1. The second-order valence-corrected chi connectivity index (χ2v) is 6.99. The number of nitrogens with one attached hydrogen (secondary N) is 1. The molecule has 1 heterocycles. The smallest absolute Gasteiger partial charge is 0.242 e. The van der Waals surface area contributed by atoms with Gasteiger partial charge in [-0.1, -0.05) is 26.7 Å². The van der Waals surface area contributed by atoms with Crippen molar-refractivity contribution in [2.45, 2.75) is 71.0 Å². The van der Waals surface area contributed by atoms with Gasteiger partial charge in [0, 0.05) is 12.1 Å². The molecule has 0 bridgehead atoms. The maximum Gasteiger partial charge on any atom is 0.242 e. The minimum Gasteiger partial charge on any atom is -0.346 e. The Morgan fingerprint density at radius 2 is 1.95 bits per heavy atom. The average molecular weight is 295 g/mol. The number of carbonyl (C=O) groups is 2. The van der Waals surface area contributed by atoms with Gasteiger partial charge in [0.2, 0.25) is 11.8 Å². The van der Waals surface area contributed by atoms with E-state index in [9.17, 15) is 9.59 Å². The quantitative estimate of drug-likeness (QED) is 0.820. The van der Waals surface area contributed by atoms with Crippen molar-refractivity contribution in [3.8, 4) is 0 Å². The van der Waals surface area contributed by atoms with E-state index in [0.29, 0.717) is 18.0 Å². The molecule has 0 aromatic heterocycles.